The Balaban J connectivity index is 2.38. The fourth-order valence-electron chi connectivity index (χ4n) is 2.05. The SMILES string of the molecule is CC(C)(C)C(CCO)Nc1nc(NN)nc2sccc12. The van der Waals surface area contributed by atoms with E-state index in [0.717, 1.165) is 16.0 Å². The number of thiophene rings is 1. The van der Waals surface area contributed by atoms with Crippen LogP contribution in [0.25, 0.3) is 10.2 Å². The van der Waals surface area contributed by atoms with Crippen molar-refractivity contribution in [2.24, 2.45) is 11.3 Å². The average molecular weight is 295 g/mol. The van der Waals surface area contributed by atoms with Gasteiger partial charge in [-0.15, -0.1) is 11.3 Å². The van der Waals surface area contributed by atoms with Gasteiger partial charge in [-0.2, -0.15) is 4.98 Å². The summed E-state index contributed by atoms with van der Waals surface area (Å²) in [4.78, 5) is 9.59. The number of nitrogens with two attached hydrogens (primary N) is 1. The summed E-state index contributed by atoms with van der Waals surface area (Å²) in [5, 5.41) is 15.6. The summed E-state index contributed by atoms with van der Waals surface area (Å²) in [6.07, 6.45) is 0.657. The van der Waals surface area contributed by atoms with E-state index in [1.807, 2.05) is 11.4 Å². The molecule has 1 atom stereocenters. The number of aliphatic hydroxyl groups is 1. The fourth-order valence-corrected chi connectivity index (χ4v) is 2.81. The Morgan fingerprint density at radius 2 is 2.15 bits per heavy atom. The monoisotopic (exact) mass is 295 g/mol. The number of hydrogen-bond donors (Lipinski definition) is 4. The zero-order valence-corrected chi connectivity index (χ0v) is 12.8. The van der Waals surface area contributed by atoms with Gasteiger partial charge in [0.25, 0.3) is 0 Å². The van der Waals surface area contributed by atoms with Crippen molar-refractivity contribution in [2.45, 2.75) is 33.2 Å². The lowest BCUT2D eigenvalue weighted by atomic mass is 9.85. The third kappa shape index (κ3) is 3.17. The average Bonchev–Trinajstić information content (AvgIpc) is 2.85. The van der Waals surface area contributed by atoms with Gasteiger partial charge in [-0.1, -0.05) is 20.8 Å². The van der Waals surface area contributed by atoms with Crippen LogP contribution in [0.5, 0.6) is 0 Å². The van der Waals surface area contributed by atoms with Gasteiger partial charge in [0.1, 0.15) is 10.6 Å². The fraction of sp³-hybridized carbons (Fsp3) is 0.538. The van der Waals surface area contributed by atoms with Gasteiger partial charge in [-0.05, 0) is 23.3 Å². The molecule has 0 saturated heterocycles. The molecule has 20 heavy (non-hydrogen) atoms. The first-order chi connectivity index (χ1) is 9.45. The third-order valence-corrected chi connectivity index (χ3v) is 4.03. The van der Waals surface area contributed by atoms with Gasteiger partial charge >= 0.3 is 0 Å². The molecule has 1 unspecified atom stereocenters. The maximum atomic E-state index is 9.25. The van der Waals surface area contributed by atoms with E-state index in [4.69, 9.17) is 5.84 Å². The van der Waals surface area contributed by atoms with Gasteiger partial charge in [-0.25, -0.2) is 10.8 Å². The number of nitrogens with zero attached hydrogens (tertiary/aromatic N) is 2. The van der Waals surface area contributed by atoms with Crippen LogP contribution in [0.1, 0.15) is 27.2 Å². The molecular weight excluding hydrogens is 274 g/mol. The maximum absolute atomic E-state index is 9.25. The standard InChI is InChI=1S/C13H21N5OS/c1-13(2,3)9(4-6-19)15-10-8-5-7-20-11(8)17-12(16-10)18-14/h5,7,9,19H,4,6,14H2,1-3H3,(H2,15,16,17,18). The number of fused-ring (bicyclic) bond motifs is 1. The minimum Gasteiger partial charge on any atom is -0.396 e. The lowest BCUT2D eigenvalue weighted by molar-refractivity contribution is 0.235. The van der Waals surface area contributed by atoms with Crippen LogP contribution < -0.4 is 16.6 Å². The number of rotatable bonds is 5. The van der Waals surface area contributed by atoms with Crippen molar-refractivity contribution in [3.8, 4) is 0 Å². The van der Waals surface area contributed by atoms with Gasteiger partial charge in [0.2, 0.25) is 5.95 Å². The molecule has 0 aromatic carbocycles. The van der Waals surface area contributed by atoms with Crippen LogP contribution in [0.2, 0.25) is 0 Å². The Bertz CT molecular complexity index is 578. The predicted octanol–water partition coefficient (Wildman–Crippen LogP) is 2.19. The van der Waals surface area contributed by atoms with Crippen LogP contribution in [0, 0.1) is 5.41 Å². The van der Waals surface area contributed by atoms with Gasteiger partial charge in [0.05, 0.1) is 5.39 Å². The molecule has 0 aliphatic rings. The largest absolute Gasteiger partial charge is 0.396 e. The molecule has 0 radical (unpaired) electrons. The molecule has 2 aromatic heterocycles. The van der Waals surface area contributed by atoms with Gasteiger partial charge in [0.15, 0.2) is 0 Å². The summed E-state index contributed by atoms with van der Waals surface area (Å²) in [6.45, 7) is 6.53. The van der Waals surface area contributed by atoms with Crippen LogP contribution in [0.15, 0.2) is 11.4 Å². The van der Waals surface area contributed by atoms with Crippen molar-refractivity contribution < 1.29 is 5.11 Å². The molecule has 0 aliphatic carbocycles. The molecule has 0 bridgehead atoms. The summed E-state index contributed by atoms with van der Waals surface area (Å²) < 4.78 is 0. The van der Waals surface area contributed by atoms with Crippen molar-refractivity contribution in [3.63, 3.8) is 0 Å². The summed E-state index contributed by atoms with van der Waals surface area (Å²) >= 11 is 1.54. The molecule has 0 saturated carbocycles. The van der Waals surface area contributed by atoms with E-state index in [0.29, 0.717) is 12.4 Å². The van der Waals surface area contributed by atoms with Crippen molar-refractivity contribution in [1.29, 1.82) is 0 Å². The van der Waals surface area contributed by atoms with E-state index in [1.54, 1.807) is 11.3 Å². The minimum atomic E-state index is 0.00628. The summed E-state index contributed by atoms with van der Waals surface area (Å²) in [6, 6.07) is 2.09. The molecule has 5 N–H and O–H groups in total. The molecule has 0 fully saturated rings. The Morgan fingerprint density at radius 1 is 1.40 bits per heavy atom. The number of hydrazine groups is 1. The predicted molar refractivity (Wildman–Crippen MR) is 83.8 cm³/mol. The number of hydrogen-bond acceptors (Lipinski definition) is 7. The first-order valence-corrected chi connectivity index (χ1v) is 7.43. The van der Waals surface area contributed by atoms with Crippen LogP contribution in [0.4, 0.5) is 11.8 Å². The van der Waals surface area contributed by atoms with Crippen LogP contribution >= 0.6 is 11.3 Å². The molecule has 110 valence electrons. The molecular formula is C13H21N5OS. The molecule has 0 aliphatic heterocycles. The topological polar surface area (TPSA) is 96.1 Å². The van der Waals surface area contributed by atoms with E-state index in [2.05, 4.69) is 41.5 Å². The Labute approximate surface area is 122 Å². The zero-order valence-electron chi connectivity index (χ0n) is 12.0. The third-order valence-electron chi connectivity index (χ3n) is 3.23. The highest BCUT2D eigenvalue weighted by Crippen LogP contribution is 2.30. The molecule has 2 heterocycles. The number of nitrogen functional groups attached to an aromatic ring is 1. The second-order valence-electron chi connectivity index (χ2n) is 5.75. The first-order valence-electron chi connectivity index (χ1n) is 6.55. The van der Waals surface area contributed by atoms with E-state index in [-0.39, 0.29) is 18.1 Å². The number of anilines is 2. The lowest BCUT2D eigenvalue weighted by Crippen LogP contribution is -2.35. The van der Waals surface area contributed by atoms with Crippen LogP contribution in [-0.2, 0) is 0 Å². The van der Waals surface area contributed by atoms with Crippen molar-refractivity contribution in [3.05, 3.63) is 11.4 Å². The van der Waals surface area contributed by atoms with E-state index < -0.39 is 0 Å². The quantitative estimate of drug-likeness (QED) is 0.499. The van der Waals surface area contributed by atoms with Gasteiger partial charge in [-0.3, -0.25) is 5.43 Å². The molecule has 0 spiro atoms. The summed E-state index contributed by atoms with van der Waals surface area (Å²) in [5.74, 6) is 6.55. The van der Waals surface area contributed by atoms with Gasteiger partial charge in [0, 0.05) is 12.6 Å². The highest BCUT2D eigenvalue weighted by Gasteiger charge is 2.25. The summed E-state index contributed by atoms with van der Waals surface area (Å²) in [7, 11) is 0. The maximum Gasteiger partial charge on any atom is 0.240 e. The second-order valence-corrected chi connectivity index (χ2v) is 6.65. The van der Waals surface area contributed by atoms with E-state index in [1.165, 1.54) is 0 Å². The smallest absolute Gasteiger partial charge is 0.240 e. The highest BCUT2D eigenvalue weighted by molar-refractivity contribution is 7.16. The lowest BCUT2D eigenvalue weighted by Gasteiger charge is -2.31. The van der Waals surface area contributed by atoms with Gasteiger partial charge < -0.3 is 10.4 Å². The molecule has 2 rings (SSSR count). The normalized spacial score (nSPS) is 13.4. The van der Waals surface area contributed by atoms with Crippen molar-refractivity contribution >= 4 is 33.3 Å². The number of aromatic nitrogens is 2. The Kier molecular flexibility index (Phi) is 4.42. The van der Waals surface area contributed by atoms with Crippen LogP contribution in [-0.4, -0.2) is 27.7 Å². The summed E-state index contributed by atoms with van der Waals surface area (Å²) in [5.41, 5.74) is 2.49. The van der Waals surface area contributed by atoms with Crippen molar-refractivity contribution in [2.75, 3.05) is 17.3 Å². The molecule has 7 heteroatoms. The highest BCUT2D eigenvalue weighted by atomic mass is 32.1. The molecule has 0 amide bonds. The zero-order chi connectivity index (χ0) is 14.8. The Hall–Kier alpha value is -1.44. The first kappa shape index (κ1) is 15.0. The second kappa shape index (κ2) is 5.90. The molecule has 6 nitrogen and oxygen atoms in total. The van der Waals surface area contributed by atoms with E-state index in [9.17, 15) is 5.11 Å². The Morgan fingerprint density at radius 3 is 2.75 bits per heavy atom. The number of nitrogens with one attached hydrogen (secondary N) is 2. The van der Waals surface area contributed by atoms with Crippen LogP contribution in [0.3, 0.4) is 0 Å². The molecule has 2 aromatic rings. The number of aliphatic hydroxyl groups excluding tert-OH is 1. The van der Waals surface area contributed by atoms with Crippen molar-refractivity contribution in [1.82, 2.24) is 9.97 Å². The van der Waals surface area contributed by atoms with E-state index >= 15 is 0 Å². The minimum absolute atomic E-state index is 0.00628.